The van der Waals surface area contributed by atoms with Crippen LogP contribution in [0.15, 0.2) is 36.5 Å². The van der Waals surface area contributed by atoms with Crippen molar-refractivity contribution in [2.24, 2.45) is 5.92 Å². The van der Waals surface area contributed by atoms with Gasteiger partial charge in [0.05, 0.1) is 0 Å². The molecule has 0 bridgehead atoms. The molecule has 1 aromatic heterocycles. The number of halogens is 2. The first-order valence-electron chi connectivity index (χ1n) is 14.5. The van der Waals surface area contributed by atoms with Crippen molar-refractivity contribution in [2.45, 2.75) is 122 Å². The van der Waals surface area contributed by atoms with Crippen LogP contribution in [0.2, 0.25) is 0 Å². The van der Waals surface area contributed by atoms with Gasteiger partial charge in [0.25, 0.3) is 0 Å². The van der Waals surface area contributed by atoms with Crippen LogP contribution in [0.3, 0.4) is 0 Å². The standard InChI is InChI=1S/C31H46F2N2O/c1-2-3-9-22-28(32)29(33)24-36-31-27(23-34-30(35-31)26-19-12-8-13-20-26)21-11-7-5-4-6-10-16-25-17-14-15-18-25/h8,12-13,19-20,23,25,28-29H,2-7,9-11,14-18,21-22,24H2,1H3. The zero-order valence-corrected chi connectivity index (χ0v) is 22.3. The molecule has 0 spiro atoms. The van der Waals surface area contributed by atoms with Crippen molar-refractivity contribution >= 4 is 0 Å². The van der Waals surface area contributed by atoms with E-state index in [0.717, 1.165) is 49.1 Å². The van der Waals surface area contributed by atoms with Crippen LogP contribution >= 0.6 is 0 Å². The van der Waals surface area contributed by atoms with Gasteiger partial charge in [0.1, 0.15) is 12.8 Å². The van der Waals surface area contributed by atoms with E-state index in [1.807, 2.05) is 30.3 Å². The van der Waals surface area contributed by atoms with E-state index in [-0.39, 0.29) is 13.0 Å². The molecule has 200 valence electrons. The summed E-state index contributed by atoms with van der Waals surface area (Å²) < 4.78 is 34.5. The van der Waals surface area contributed by atoms with Gasteiger partial charge in [-0.25, -0.2) is 13.8 Å². The highest BCUT2D eigenvalue weighted by Gasteiger charge is 2.22. The third-order valence-corrected chi connectivity index (χ3v) is 7.50. The first kappa shape index (κ1) is 28.5. The van der Waals surface area contributed by atoms with Crippen molar-refractivity contribution < 1.29 is 13.5 Å². The molecule has 1 aromatic carbocycles. The number of alkyl halides is 2. The SMILES string of the molecule is CCCCCC(F)C(F)COc1nc(-c2ccccc2)ncc1CCCCCCCCC1CCCC1. The second-order valence-corrected chi connectivity index (χ2v) is 10.5. The lowest BCUT2D eigenvalue weighted by molar-refractivity contribution is 0.0989. The van der Waals surface area contributed by atoms with Gasteiger partial charge < -0.3 is 4.74 Å². The van der Waals surface area contributed by atoms with Crippen LogP contribution in [-0.4, -0.2) is 28.9 Å². The second-order valence-electron chi connectivity index (χ2n) is 10.5. The molecule has 0 amide bonds. The zero-order valence-electron chi connectivity index (χ0n) is 22.3. The number of aromatic nitrogens is 2. The number of unbranched alkanes of at least 4 members (excludes halogenated alkanes) is 7. The van der Waals surface area contributed by atoms with E-state index in [0.29, 0.717) is 18.1 Å². The third kappa shape index (κ3) is 10.1. The number of benzene rings is 1. The molecular formula is C31H46F2N2O. The number of aryl methyl sites for hydroxylation is 1. The maximum absolute atomic E-state index is 14.5. The van der Waals surface area contributed by atoms with E-state index in [2.05, 4.69) is 16.9 Å². The van der Waals surface area contributed by atoms with Gasteiger partial charge in [-0.05, 0) is 25.2 Å². The van der Waals surface area contributed by atoms with E-state index < -0.39 is 12.3 Å². The largest absolute Gasteiger partial charge is 0.474 e. The van der Waals surface area contributed by atoms with E-state index in [1.54, 1.807) is 6.20 Å². The fraction of sp³-hybridized carbons (Fsp3) is 0.677. The van der Waals surface area contributed by atoms with Gasteiger partial charge in [-0.2, -0.15) is 4.98 Å². The molecule has 2 atom stereocenters. The van der Waals surface area contributed by atoms with E-state index >= 15 is 0 Å². The Hall–Kier alpha value is -2.04. The highest BCUT2D eigenvalue weighted by atomic mass is 19.2. The molecule has 1 saturated carbocycles. The molecule has 3 nitrogen and oxygen atoms in total. The Labute approximate surface area is 217 Å². The van der Waals surface area contributed by atoms with E-state index in [9.17, 15) is 8.78 Å². The van der Waals surface area contributed by atoms with Crippen LogP contribution in [0.4, 0.5) is 8.78 Å². The molecule has 1 heterocycles. The van der Waals surface area contributed by atoms with Crippen LogP contribution in [0, 0.1) is 5.92 Å². The van der Waals surface area contributed by atoms with Crippen molar-refractivity contribution in [3.8, 4) is 17.3 Å². The fourth-order valence-electron chi connectivity index (χ4n) is 5.20. The summed E-state index contributed by atoms with van der Waals surface area (Å²) in [5, 5.41) is 0. The van der Waals surface area contributed by atoms with Crippen molar-refractivity contribution in [3.05, 3.63) is 42.1 Å². The smallest absolute Gasteiger partial charge is 0.220 e. The third-order valence-electron chi connectivity index (χ3n) is 7.50. The Balaban J connectivity index is 1.47. The number of ether oxygens (including phenoxy) is 1. The van der Waals surface area contributed by atoms with Crippen LogP contribution in [0.25, 0.3) is 11.4 Å². The lowest BCUT2D eigenvalue weighted by atomic mass is 9.99. The average molecular weight is 501 g/mol. The van der Waals surface area contributed by atoms with Gasteiger partial charge >= 0.3 is 0 Å². The molecule has 0 saturated heterocycles. The summed E-state index contributed by atoms with van der Waals surface area (Å²) in [6.07, 6.45) is 16.9. The first-order valence-corrected chi connectivity index (χ1v) is 14.5. The van der Waals surface area contributed by atoms with Crippen LogP contribution in [0.5, 0.6) is 5.88 Å². The van der Waals surface area contributed by atoms with Crippen LogP contribution < -0.4 is 4.74 Å². The Morgan fingerprint density at radius 3 is 2.36 bits per heavy atom. The second kappa shape index (κ2) is 16.7. The van der Waals surface area contributed by atoms with Crippen molar-refractivity contribution in [2.75, 3.05) is 6.61 Å². The topological polar surface area (TPSA) is 35.0 Å². The molecule has 1 aliphatic rings. The predicted molar refractivity (Wildman–Crippen MR) is 145 cm³/mol. The average Bonchev–Trinajstić information content (AvgIpc) is 3.43. The minimum atomic E-state index is -1.64. The highest BCUT2D eigenvalue weighted by Crippen LogP contribution is 2.29. The molecule has 1 fully saturated rings. The van der Waals surface area contributed by atoms with Gasteiger partial charge in [0.15, 0.2) is 12.0 Å². The van der Waals surface area contributed by atoms with E-state index in [1.165, 1.54) is 57.8 Å². The molecule has 2 unspecified atom stereocenters. The van der Waals surface area contributed by atoms with Gasteiger partial charge in [0, 0.05) is 17.3 Å². The summed E-state index contributed by atoms with van der Waals surface area (Å²) in [7, 11) is 0. The molecular weight excluding hydrogens is 454 g/mol. The zero-order chi connectivity index (χ0) is 25.4. The Morgan fingerprint density at radius 1 is 0.889 bits per heavy atom. The summed E-state index contributed by atoms with van der Waals surface area (Å²) >= 11 is 0. The van der Waals surface area contributed by atoms with E-state index in [4.69, 9.17) is 4.74 Å². The first-order chi connectivity index (χ1) is 17.7. The van der Waals surface area contributed by atoms with Gasteiger partial charge in [-0.3, -0.25) is 0 Å². The lowest BCUT2D eigenvalue weighted by Gasteiger charge is -2.16. The van der Waals surface area contributed by atoms with Gasteiger partial charge in [0.2, 0.25) is 5.88 Å². The quantitative estimate of drug-likeness (QED) is 0.191. The summed E-state index contributed by atoms with van der Waals surface area (Å²) in [6, 6.07) is 9.69. The number of hydrogen-bond acceptors (Lipinski definition) is 3. The summed E-state index contributed by atoms with van der Waals surface area (Å²) in [5.41, 5.74) is 1.76. The number of hydrogen-bond donors (Lipinski definition) is 0. The minimum absolute atomic E-state index is 0.241. The van der Waals surface area contributed by atoms with Gasteiger partial charge in [-0.15, -0.1) is 0 Å². The summed E-state index contributed by atoms with van der Waals surface area (Å²) in [4.78, 5) is 9.14. The van der Waals surface area contributed by atoms with Crippen LogP contribution in [0.1, 0.15) is 109 Å². The van der Waals surface area contributed by atoms with Crippen molar-refractivity contribution in [1.29, 1.82) is 0 Å². The fourth-order valence-corrected chi connectivity index (χ4v) is 5.20. The Morgan fingerprint density at radius 2 is 1.61 bits per heavy atom. The lowest BCUT2D eigenvalue weighted by Crippen LogP contribution is -2.25. The van der Waals surface area contributed by atoms with Crippen molar-refractivity contribution in [1.82, 2.24) is 9.97 Å². The normalized spacial score (nSPS) is 15.8. The maximum atomic E-state index is 14.5. The molecule has 5 heteroatoms. The summed E-state index contributed by atoms with van der Waals surface area (Å²) in [6.45, 7) is 1.74. The molecule has 3 rings (SSSR count). The Kier molecular flexibility index (Phi) is 13.2. The maximum Gasteiger partial charge on any atom is 0.220 e. The molecule has 0 aliphatic heterocycles. The number of rotatable bonds is 18. The molecule has 36 heavy (non-hydrogen) atoms. The molecule has 2 aromatic rings. The van der Waals surface area contributed by atoms with Crippen LogP contribution in [-0.2, 0) is 6.42 Å². The minimum Gasteiger partial charge on any atom is -0.474 e. The van der Waals surface area contributed by atoms with Gasteiger partial charge in [-0.1, -0.05) is 121 Å². The predicted octanol–water partition coefficient (Wildman–Crippen LogP) is 9.24. The Bertz CT molecular complexity index is 842. The molecule has 0 radical (unpaired) electrons. The molecule has 0 N–H and O–H groups in total. The number of nitrogens with zero attached hydrogens (tertiary/aromatic N) is 2. The summed E-state index contributed by atoms with van der Waals surface area (Å²) in [5.74, 6) is 1.94. The highest BCUT2D eigenvalue weighted by molar-refractivity contribution is 5.55. The molecule has 1 aliphatic carbocycles. The van der Waals surface area contributed by atoms with Crippen molar-refractivity contribution in [3.63, 3.8) is 0 Å². The monoisotopic (exact) mass is 500 g/mol.